The summed E-state index contributed by atoms with van der Waals surface area (Å²) in [5.41, 5.74) is 3.66. The molecule has 8 heteroatoms. The zero-order valence-corrected chi connectivity index (χ0v) is 16.6. The number of fused-ring (bicyclic) bond motifs is 1. The second-order valence-electron chi connectivity index (χ2n) is 7.40. The molecule has 0 atom stereocenters. The van der Waals surface area contributed by atoms with Crippen LogP contribution in [-0.4, -0.2) is 46.5 Å². The molecule has 5 rings (SSSR count). The first-order chi connectivity index (χ1) is 15.2. The van der Waals surface area contributed by atoms with Crippen molar-refractivity contribution < 1.29 is 9.50 Å². The van der Waals surface area contributed by atoms with E-state index in [1.807, 2.05) is 24.3 Å². The van der Waals surface area contributed by atoms with Gasteiger partial charge in [0, 0.05) is 54.4 Å². The van der Waals surface area contributed by atoms with E-state index in [0.717, 1.165) is 43.5 Å². The van der Waals surface area contributed by atoms with Gasteiger partial charge >= 0.3 is 0 Å². The number of nitriles is 1. The Morgan fingerprint density at radius 1 is 1.10 bits per heavy atom. The summed E-state index contributed by atoms with van der Waals surface area (Å²) >= 11 is 0. The number of anilines is 1. The number of piperazine rings is 1. The quantitative estimate of drug-likeness (QED) is 0.475. The molecule has 7 nitrogen and oxygen atoms in total. The SMILES string of the molecule is N#Cc1c(-c2ccc(O)cc2F)nc2[nH]ncc2c1-c1ccc(N2CCNCC2)cc1. The Morgan fingerprint density at radius 2 is 1.87 bits per heavy atom. The number of hydrogen-bond donors (Lipinski definition) is 3. The summed E-state index contributed by atoms with van der Waals surface area (Å²) in [6.45, 7) is 3.77. The summed E-state index contributed by atoms with van der Waals surface area (Å²) in [5, 5.41) is 30.5. The van der Waals surface area contributed by atoms with Gasteiger partial charge in [-0.05, 0) is 29.8 Å². The molecule has 0 saturated carbocycles. The number of phenolic OH excluding ortho intramolecular Hbond substituents is 1. The van der Waals surface area contributed by atoms with E-state index in [0.29, 0.717) is 16.6 Å². The molecule has 0 radical (unpaired) electrons. The Hall–Kier alpha value is -3.96. The molecule has 2 aromatic heterocycles. The molecular weight excluding hydrogens is 395 g/mol. The summed E-state index contributed by atoms with van der Waals surface area (Å²) in [6, 6.07) is 14.0. The van der Waals surface area contributed by atoms with Crippen LogP contribution in [-0.2, 0) is 0 Å². The highest BCUT2D eigenvalue weighted by Crippen LogP contribution is 2.37. The maximum absolute atomic E-state index is 14.6. The third-order valence-electron chi connectivity index (χ3n) is 5.56. The molecule has 4 aromatic rings. The number of benzene rings is 2. The van der Waals surface area contributed by atoms with Crippen molar-refractivity contribution in [3.8, 4) is 34.2 Å². The van der Waals surface area contributed by atoms with E-state index in [1.54, 1.807) is 6.20 Å². The van der Waals surface area contributed by atoms with Crippen molar-refractivity contribution in [2.24, 2.45) is 0 Å². The number of rotatable bonds is 3. The van der Waals surface area contributed by atoms with Gasteiger partial charge < -0.3 is 15.3 Å². The number of hydrogen-bond acceptors (Lipinski definition) is 6. The Bertz CT molecular complexity index is 1300. The third-order valence-corrected chi connectivity index (χ3v) is 5.56. The van der Waals surface area contributed by atoms with Crippen LogP contribution in [0.4, 0.5) is 10.1 Å². The molecule has 1 fully saturated rings. The predicted molar refractivity (Wildman–Crippen MR) is 116 cm³/mol. The number of aromatic hydroxyl groups is 1. The molecular formula is C23H19FN6O. The Morgan fingerprint density at radius 3 is 2.58 bits per heavy atom. The number of nitrogens with one attached hydrogen (secondary N) is 2. The van der Waals surface area contributed by atoms with Crippen LogP contribution in [0.5, 0.6) is 5.75 Å². The van der Waals surface area contributed by atoms with E-state index in [1.165, 1.54) is 12.1 Å². The Labute approximate surface area is 177 Å². The second-order valence-corrected chi connectivity index (χ2v) is 7.40. The van der Waals surface area contributed by atoms with E-state index in [9.17, 15) is 14.8 Å². The van der Waals surface area contributed by atoms with Crippen LogP contribution in [0.25, 0.3) is 33.4 Å². The maximum Gasteiger partial charge on any atom is 0.156 e. The largest absolute Gasteiger partial charge is 0.508 e. The van der Waals surface area contributed by atoms with Crippen LogP contribution in [0.3, 0.4) is 0 Å². The molecule has 1 aliphatic heterocycles. The number of halogens is 1. The molecule has 1 aliphatic rings. The minimum Gasteiger partial charge on any atom is -0.508 e. The molecule has 0 bridgehead atoms. The third kappa shape index (κ3) is 3.35. The average Bonchev–Trinajstić information content (AvgIpc) is 3.27. The maximum atomic E-state index is 14.6. The number of nitrogens with zero attached hydrogens (tertiary/aromatic N) is 4. The van der Waals surface area contributed by atoms with Crippen molar-refractivity contribution in [1.82, 2.24) is 20.5 Å². The normalized spacial score (nSPS) is 14.0. The lowest BCUT2D eigenvalue weighted by atomic mass is 9.94. The lowest BCUT2D eigenvalue weighted by Crippen LogP contribution is -2.43. The van der Waals surface area contributed by atoms with Gasteiger partial charge in [-0.1, -0.05) is 12.1 Å². The zero-order valence-electron chi connectivity index (χ0n) is 16.6. The van der Waals surface area contributed by atoms with E-state index < -0.39 is 5.82 Å². The fourth-order valence-electron chi connectivity index (χ4n) is 4.03. The zero-order chi connectivity index (χ0) is 21.4. The van der Waals surface area contributed by atoms with Crippen molar-refractivity contribution in [3.63, 3.8) is 0 Å². The highest BCUT2D eigenvalue weighted by Gasteiger charge is 2.21. The topological polar surface area (TPSA) is 101 Å². The highest BCUT2D eigenvalue weighted by atomic mass is 19.1. The van der Waals surface area contributed by atoms with Gasteiger partial charge in [-0.3, -0.25) is 5.10 Å². The molecule has 31 heavy (non-hydrogen) atoms. The summed E-state index contributed by atoms with van der Waals surface area (Å²) in [4.78, 5) is 6.77. The Kier molecular flexibility index (Phi) is 4.73. The first kappa shape index (κ1) is 19.0. The van der Waals surface area contributed by atoms with Crippen molar-refractivity contribution in [2.45, 2.75) is 0 Å². The number of aromatic amines is 1. The van der Waals surface area contributed by atoms with Crippen LogP contribution in [0.15, 0.2) is 48.7 Å². The van der Waals surface area contributed by atoms with Gasteiger partial charge in [-0.15, -0.1) is 0 Å². The van der Waals surface area contributed by atoms with Gasteiger partial charge in [0.15, 0.2) is 5.65 Å². The monoisotopic (exact) mass is 414 g/mol. The first-order valence-electron chi connectivity index (χ1n) is 9.98. The van der Waals surface area contributed by atoms with Crippen molar-refractivity contribution in [1.29, 1.82) is 5.26 Å². The summed E-state index contributed by atoms with van der Waals surface area (Å²) in [7, 11) is 0. The van der Waals surface area contributed by atoms with Crippen molar-refractivity contribution >= 4 is 16.7 Å². The van der Waals surface area contributed by atoms with E-state index in [4.69, 9.17) is 0 Å². The smallest absolute Gasteiger partial charge is 0.156 e. The van der Waals surface area contributed by atoms with Gasteiger partial charge in [-0.2, -0.15) is 10.4 Å². The molecule has 0 unspecified atom stereocenters. The van der Waals surface area contributed by atoms with Crippen molar-refractivity contribution in [2.75, 3.05) is 31.1 Å². The summed E-state index contributed by atoms with van der Waals surface area (Å²) < 4.78 is 14.6. The van der Waals surface area contributed by atoms with Crippen LogP contribution in [0.2, 0.25) is 0 Å². The Balaban J connectivity index is 1.68. The number of phenols is 1. The fraction of sp³-hybridized carbons (Fsp3) is 0.174. The van der Waals surface area contributed by atoms with Crippen LogP contribution < -0.4 is 10.2 Å². The number of aromatic nitrogens is 3. The molecule has 154 valence electrons. The van der Waals surface area contributed by atoms with Gasteiger partial charge in [0.25, 0.3) is 0 Å². The molecule has 0 amide bonds. The first-order valence-corrected chi connectivity index (χ1v) is 9.98. The predicted octanol–water partition coefficient (Wildman–Crippen LogP) is 3.42. The molecule has 1 saturated heterocycles. The minimum absolute atomic E-state index is 0.143. The van der Waals surface area contributed by atoms with Crippen LogP contribution in [0, 0.1) is 17.1 Å². The average molecular weight is 414 g/mol. The number of H-pyrrole nitrogens is 1. The van der Waals surface area contributed by atoms with Crippen LogP contribution in [0.1, 0.15) is 5.56 Å². The molecule has 0 aliphatic carbocycles. The standard InChI is InChI=1S/C23H19FN6O/c24-20-11-16(31)5-6-17(20)22-18(12-25)21(19-13-27-29-23(19)28-22)14-1-3-15(4-2-14)30-9-7-26-8-10-30/h1-6,11,13,26,31H,7-10H2,(H,27,28,29). The van der Waals surface area contributed by atoms with Gasteiger partial charge in [0.1, 0.15) is 17.6 Å². The molecule has 3 heterocycles. The number of pyridine rings is 1. The second kappa shape index (κ2) is 7.70. The van der Waals surface area contributed by atoms with E-state index in [2.05, 4.69) is 31.5 Å². The molecule has 3 N–H and O–H groups in total. The van der Waals surface area contributed by atoms with Crippen molar-refractivity contribution in [3.05, 3.63) is 60.0 Å². The summed E-state index contributed by atoms with van der Waals surface area (Å²) in [6.07, 6.45) is 1.62. The lowest BCUT2D eigenvalue weighted by molar-refractivity contribution is 0.469. The van der Waals surface area contributed by atoms with E-state index in [-0.39, 0.29) is 22.6 Å². The summed E-state index contributed by atoms with van der Waals surface area (Å²) in [5.74, 6) is -0.839. The van der Waals surface area contributed by atoms with Gasteiger partial charge in [0.05, 0.1) is 17.5 Å². The molecule has 2 aromatic carbocycles. The van der Waals surface area contributed by atoms with E-state index >= 15 is 0 Å². The van der Waals surface area contributed by atoms with Gasteiger partial charge in [0.2, 0.25) is 0 Å². The highest BCUT2D eigenvalue weighted by molar-refractivity contribution is 5.99. The molecule has 0 spiro atoms. The lowest BCUT2D eigenvalue weighted by Gasteiger charge is -2.29. The van der Waals surface area contributed by atoms with Crippen LogP contribution >= 0.6 is 0 Å². The van der Waals surface area contributed by atoms with Gasteiger partial charge in [-0.25, -0.2) is 9.37 Å². The minimum atomic E-state index is -0.650. The fourth-order valence-corrected chi connectivity index (χ4v) is 4.03.